The summed E-state index contributed by atoms with van der Waals surface area (Å²) in [5.74, 6) is -0.0294. The van der Waals surface area contributed by atoms with Crippen molar-refractivity contribution in [1.29, 1.82) is 0 Å². The summed E-state index contributed by atoms with van der Waals surface area (Å²) in [5.41, 5.74) is 0. The first-order chi connectivity index (χ1) is 6.61. The predicted octanol–water partition coefficient (Wildman–Crippen LogP) is 0.705. The van der Waals surface area contributed by atoms with E-state index in [2.05, 4.69) is 5.32 Å². The Morgan fingerprint density at radius 3 is 2.64 bits per heavy atom. The average Bonchev–Trinajstić information content (AvgIpc) is 2.07. The van der Waals surface area contributed by atoms with E-state index in [9.17, 15) is 4.79 Å². The van der Waals surface area contributed by atoms with Crippen LogP contribution in [0.2, 0.25) is 0 Å². The molecule has 0 spiro atoms. The number of carbonyl (C=O) groups excluding carboxylic acids is 1. The van der Waals surface area contributed by atoms with Gasteiger partial charge in [0, 0.05) is 13.2 Å². The van der Waals surface area contributed by atoms with E-state index < -0.39 is 0 Å². The van der Waals surface area contributed by atoms with E-state index in [0.717, 1.165) is 12.8 Å². The van der Waals surface area contributed by atoms with Crippen LogP contribution < -0.4 is 5.32 Å². The summed E-state index contributed by atoms with van der Waals surface area (Å²) in [4.78, 5) is 11.3. The number of ether oxygens (including phenoxy) is 2. The molecule has 4 heteroatoms. The van der Waals surface area contributed by atoms with Gasteiger partial charge >= 0.3 is 0 Å². The normalized spacial score (nSPS) is 26.0. The van der Waals surface area contributed by atoms with Gasteiger partial charge in [-0.3, -0.25) is 4.79 Å². The first-order valence-corrected chi connectivity index (χ1v) is 5.05. The van der Waals surface area contributed by atoms with E-state index in [1.807, 2.05) is 13.8 Å². The number of methoxy groups -OCH3 is 1. The summed E-state index contributed by atoms with van der Waals surface area (Å²) in [5, 5.41) is 2.89. The average molecular weight is 201 g/mol. The second-order valence-corrected chi connectivity index (χ2v) is 3.95. The van der Waals surface area contributed by atoms with Crippen LogP contribution in [-0.2, 0) is 14.3 Å². The highest BCUT2D eigenvalue weighted by atomic mass is 16.5. The Bertz CT molecular complexity index is 188. The number of nitrogens with one attached hydrogen (secondary N) is 1. The van der Waals surface area contributed by atoms with Crippen LogP contribution in [0.1, 0.15) is 26.7 Å². The fourth-order valence-corrected chi connectivity index (χ4v) is 1.39. The molecule has 0 aromatic heterocycles. The van der Waals surface area contributed by atoms with Gasteiger partial charge in [0.05, 0.1) is 12.2 Å². The van der Waals surface area contributed by atoms with Gasteiger partial charge in [0.15, 0.2) is 0 Å². The lowest BCUT2D eigenvalue weighted by molar-refractivity contribution is -0.129. The van der Waals surface area contributed by atoms with Crippen molar-refractivity contribution in [1.82, 2.24) is 5.32 Å². The van der Waals surface area contributed by atoms with Crippen LogP contribution in [-0.4, -0.2) is 37.9 Å². The highest BCUT2D eigenvalue weighted by Crippen LogP contribution is 2.22. The van der Waals surface area contributed by atoms with Gasteiger partial charge in [-0.1, -0.05) is 0 Å². The largest absolute Gasteiger partial charge is 0.381 e. The maximum atomic E-state index is 11.3. The topological polar surface area (TPSA) is 47.6 Å². The van der Waals surface area contributed by atoms with Gasteiger partial charge in [0.1, 0.15) is 6.61 Å². The minimum atomic E-state index is -0.0294. The number of rotatable bonds is 5. The van der Waals surface area contributed by atoms with Crippen molar-refractivity contribution in [2.45, 2.75) is 44.9 Å². The Labute approximate surface area is 85.0 Å². The van der Waals surface area contributed by atoms with Crippen LogP contribution in [0.3, 0.4) is 0 Å². The molecular formula is C10H19NO3. The number of hydrogen-bond acceptors (Lipinski definition) is 3. The highest BCUT2D eigenvalue weighted by molar-refractivity contribution is 5.77. The summed E-state index contributed by atoms with van der Waals surface area (Å²) < 4.78 is 10.3. The molecule has 0 atom stereocenters. The molecular weight excluding hydrogens is 182 g/mol. The van der Waals surface area contributed by atoms with E-state index >= 15 is 0 Å². The quantitative estimate of drug-likeness (QED) is 0.712. The molecule has 0 aliphatic heterocycles. The molecule has 1 fully saturated rings. The van der Waals surface area contributed by atoms with Crippen molar-refractivity contribution in [3.05, 3.63) is 0 Å². The molecule has 1 aliphatic carbocycles. The summed E-state index contributed by atoms with van der Waals surface area (Å²) in [7, 11) is 1.70. The molecule has 0 aromatic carbocycles. The fourth-order valence-electron chi connectivity index (χ4n) is 1.39. The van der Waals surface area contributed by atoms with E-state index in [-0.39, 0.29) is 24.7 Å². The predicted molar refractivity (Wildman–Crippen MR) is 53.0 cm³/mol. The van der Waals surface area contributed by atoms with Crippen molar-refractivity contribution in [3.8, 4) is 0 Å². The molecule has 14 heavy (non-hydrogen) atoms. The molecule has 0 saturated heterocycles. The zero-order valence-corrected chi connectivity index (χ0v) is 9.08. The molecule has 1 amide bonds. The Morgan fingerprint density at radius 1 is 1.50 bits per heavy atom. The van der Waals surface area contributed by atoms with Crippen LogP contribution >= 0.6 is 0 Å². The summed E-state index contributed by atoms with van der Waals surface area (Å²) in [6.07, 6.45) is 2.27. The van der Waals surface area contributed by atoms with E-state index in [1.165, 1.54) is 0 Å². The van der Waals surface area contributed by atoms with E-state index in [1.54, 1.807) is 7.11 Å². The molecule has 1 N–H and O–H groups in total. The Hall–Kier alpha value is -0.610. The van der Waals surface area contributed by atoms with E-state index in [0.29, 0.717) is 6.10 Å². The molecule has 1 aliphatic rings. The van der Waals surface area contributed by atoms with Gasteiger partial charge in [0.25, 0.3) is 0 Å². The standard InChI is InChI=1S/C10H19NO3/c1-7(2)14-6-10(12)11-8-4-9(5-8)13-3/h7-9H,4-6H2,1-3H3,(H,11,12). The molecule has 0 heterocycles. The van der Waals surface area contributed by atoms with Crippen molar-refractivity contribution in [3.63, 3.8) is 0 Å². The number of carbonyl (C=O) groups is 1. The van der Waals surface area contributed by atoms with Gasteiger partial charge in [0.2, 0.25) is 5.91 Å². The first-order valence-electron chi connectivity index (χ1n) is 5.05. The van der Waals surface area contributed by atoms with Crippen molar-refractivity contribution >= 4 is 5.91 Å². The van der Waals surface area contributed by atoms with Crippen LogP contribution in [0.15, 0.2) is 0 Å². The zero-order chi connectivity index (χ0) is 10.6. The molecule has 0 aromatic rings. The Kier molecular flexibility index (Phi) is 4.35. The zero-order valence-electron chi connectivity index (χ0n) is 9.08. The minimum Gasteiger partial charge on any atom is -0.381 e. The molecule has 1 saturated carbocycles. The van der Waals surface area contributed by atoms with Gasteiger partial charge in [-0.25, -0.2) is 0 Å². The van der Waals surface area contributed by atoms with Gasteiger partial charge in [-0.2, -0.15) is 0 Å². The van der Waals surface area contributed by atoms with Gasteiger partial charge in [-0.15, -0.1) is 0 Å². The molecule has 82 valence electrons. The van der Waals surface area contributed by atoms with Crippen LogP contribution in [0.4, 0.5) is 0 Å². The summed E-state index contributed by atoms with van der Waals surface area (Å²) >= 11 is 0. The van der Waals surface area contributed by atoms with Crippen LogP contribution in [0.5, 0.6) is 0 Å². The third-order valence-electron chi connectivity index (χ3n) is 2.34. The lowest BCUT2D eigenvalue weighted by atomic mass is 9.89. The number of hydrogen-bond donors (Lipinski definition) is 1. The second kappa shape index (κ2) is 5.32. The third kappa shape index (κ3) is 3.64. The lowest BCUT2D eigenvalue weighted by Crippen LogP contribution is -2.48. The Morgan fingerprint density at radius 2 is 2.14 bits per heavy atom. The highest BCUT2D eigenvalue weighted by Gasteiger charge is 2.29. The smallest absolute Gasteiger partial charge is 0.246 e. The fraction of sp³-hybridized carbons (Fsp3) is 0.900. The molecule has 1 rings (SSSR count). The maximum Gasteiger partial charge on any atom is 0.246 e. The van der Waals surface area contributed by atoms with Gasteiger partial charge < -0.3 is 14.8 Å². The van der Waals surface area contributed by atoms with Crippen LogP contribution in [0, 0.1) is 0 Å². The van der Waals surface area contributed by atoms with E-state index in [4.69, 9.17) is 9.47 Å². The molecule has 4 nitrogen and oxygen atoms in total. The van der Waals surface area contributed by atoms with Crippen LogP contribution in [0.25, 0.3) is 0 Å². The SMILES string of the molecule is COC1CC(NC(=O)COC(C)C)C1. The third-order valence-corrected chi connectivity index (χ3v) is 2.34. The maximum absolute atomic E-state index is 11.3. The first kappa shape index (κ1) is 11.5. The number of amides is 1. The molecule has 0 unspecified atom stereocenters. The van der Waals surface area contributed by atoms with Crippen molar-refractivity contribution in [2.24, 2.45) is 0 Å². The van der Waals surface area contributed by atoms with Gasteiger partial charge in [-0.05, 0) is 26.7 Å². The summed E-state index contributed by atoms with van der Waals surface area (Å²) in [6, 6.07) is 0.281. The van der Waals surface area contributed by atoms with Crippen molar-refractivity contribution < 1.29 is 14.3 Å². The minimum absolute atomic E-state index is 0.0294. The monoisotopic (exact) mass is 201 g/mol. The Balaban J connectivity index is 2.04. The lowest BCUT2D eigenvalue weighted by Gasteiger charge is -2.34. The summed E-state index contributed by atoms with van der Waals surface area (Å²) in [6.45, 7) is 3.99. The molecule has 0 radical (unpaired) electrons. The second-order valence-electron chi connectivity index (χ2n) is 3.95. The molecule has 0 bridgehead atoms. The van der Waals surface area contributed by atoms with Crippen molar-refractivity contribution in [2.75, 3.05) is 13.7 Å².